The Bertz CT molecular complexity index is 451. The second-order valence-corrected chi connectivity index (χ2v) is 5.06. The summed E-state index contributed by atoms with van der Waals surface area (Å²) in [4.78, 5) is 1.14. The molecule has 1 N–H and O–H groups in total. The van der Waals surface area contributed by atoms with Crippen LogP contribution in [0, 0.1) is 0 Å². The van der Waals surface area contributed by atoms with E-state index in [4.69, 9.17) is 0 Å². The van der Waals surface area contributed by atoms with E-state index in [1.165, 1.54) is 17.1 Å². The normalized spacial score (nSPS) is 12.8. The molecule has 6 heteroatoms. The molecule has 2 rings (SSSR count). The fourth-order valence-electron chi connectivity index (χ4n) is 1.85. The summed E-state index contributed by atoms with van der Waals surface area (Å²) in [5, 5.41) is 11.8. The topological polar surface area (TPSA) is 55.6 Å². The van der Waals surface area contributed by atoms with Gasteiger partial charge in [-0.25, -0.2) is 0 Å². The smallest absolute Gasteiger partial charge is 0.0734 e. The van der Waals surface area contributed by atoms with Crippen LogP contribution in [0.15, 0.2) is 18.6 Å². The van der Waals surface area contributed by atoms with E-state index >= 15 is 0 Å². The lowest BCUT2D eigenvalue weighted by Gasteiger charge is -2.14. The van der Waals surface area contributed by atoms with Crippen LogP contribution in [0.2, 0.25) is 0 Å². The van der Waals surface area contributed by atoms with Crippen molar-refractivity contribution in [3.63, 3.8) is 0 Å². The second kappa shape index (κ2) is 6.61. The number of hydrogen-bond acceptors (Lipinski definition) is 5. The van der Waals surface area contributed by atoms with Gasteiger partial charge in [0.05, 0.1) is 23.3 Å². The highest BCUT2D eigenvalue weighted by Crippen LogP contribution is 2.23. The number of rotatable bonds is 7. The van der Waals surface area contributed by atoms with Gasteiger partial charge in [0.25, 0.3) is 0 Å². The van der Waals surface area contributed by atoms with Crippen LogP contribution in [-0.4, -0.2) is 25.9 Å². The molecule has 1 atom stereocenters. The Morgan fingerprint density at radius 2 is 2.22 bits per heavy atom. The molecule has 0 saturated carbocycles. The predicted molar refractivity (Wildman–Crippen MR) is 72.6 cm³/mol. The van der Waals surface area contributed by atoms with Crippen molar-refractivity contribution in [2.75, 3.05) is 6.54 Å². The fourth-order valence-corrected chi connectivity index (χ4v) is 2.46. The van der Waals surface area contributed by atoms with Gasteiger partial charge < -0.3 is 5.32 Å². The van der Waals surface area contributed by atoms with Crippen molar-refractivity contribution in [1.29, 1.82) is 0 Å². The van der Waals surface area contributed by atoms with Crippen molar-refractivity contribution in [1.82, 2.24) is 24.7 Å². The number of aryl methyl sites for hydroxylation is 1. The SMILES string of the molecule is CCCNC(c1cnn(CCC)c1)c1cnns1. The molecular weight excluding hydrogens is 246 g/mol. The van der Waals surface area contributed by atoms with Crippen LogP contribution in [0.5, 0.6) is 0 Å². The summed E-state index contributed by atoms with van der Waals surface area (Å²) < 4.78 is 5.93. The summed E-state index contributed by atoms with van der Waals surface area (Å²) in [7, 11) is 0. The van der Waals surface area contributed by atoms with Gasteiger partial charge in [0.1, 0.15) is 0 Å². The highest BCUT2D eigenvalue weighted by atomic mass is 32.1. The Morgan fingerprint density at radius 3 is 2.89 bits per heavy atom. The fraction of sp³-hybridized carbons (Fsp3) is 0.583. The molecule has 18 heavy (non-hydrogen) atoms. The van der Waals surface area contributed by atoms with E-state index in [1.54, 1.807) is 0 Å². The zero-order valence-corrected chi connectivity index (χ0v) is 11.7. The minimum absolute atomic E-state index is 0.163. The van der Waals surface area contributed by atoms with Gasteiger partial charge in [-0.1, -0.05) is 18.3 Å². The molecule has 98 valence electrons. The number of hydrogen-bond donors (Lipinski definition) is 1. The van der Waals surface area contributed by atoms with Crippen molar-refractivity contribution in [2.24, 2.45) is 0 Å². The van der Waals surface area contributed by atoms with Gasteiger partial charge in [-0.05, 0) is 30.9 Å². The van der Waals surface area contributed by atoms with Gasteiger partial charge in [-0.2, -0.15) is 5.10 Å². The van der Waals surface area contributed by atoms with Gasteiger partial charge in [-0.15, -0.1) is 5.10 Å². The molecule has 0 aliphatic heterocycles. The van der Waals surface area contributed by atoms with Crippen LogP contribution < -0.4 is 5.32 Å². The zero-order chi connectivity index (χ0) is 12.8. The molecule has 0 aliphatic carbocycles. The predicted octanol–water partition coefficient (Wildman–Crippen LogP) is 2.23. The largest absolute Gasteiger partial charge is 0.305 e. The molecule has 2 aromatic heterocycles. The van der Waals surface area contributed by atoms with Gasteiger partial charge in [0.2, 0.25) is 0 Å². The van der Waals surface area contributed by atoms with Gasteiger partial charge >= 0.3 is 0 Å². The van der Waals surface area contributed by atoms with E-state index < -0.39 is 0 Å². The lowest BCUT2D eigenvalue weighted by molar-refractivity contribution is 0.591. The van der Waals surface area contributed by atoms with Crippen molar-refractivity contribution in [3.8, 4) is 0 Å². The van der Waals surface area contributed by atoms with Crippen molar-refractivity contribution < 1.29 is 0 Å². The van der Waals surface area contributed by atoms with E-state index in [0.717, 1.165) is 30.8 Å². The molecule has 1 unspecified atom stereocenters. The van der Waals surface area contributed by atoms with Crippen LogP contribution in [0.3, 0.4) is 0 Å². The first-order valence-corrected chi connectivity index (χ1v) is 7.15. The zero-order valence-electron chi connectivity index (χ0n) is 10.8. The van der Waals surface area contributed by atoms with E-state index in [-0.39, 0.29) is 6.04 Å². The minimum atomic E-state index is 0.163. The summed E-state index contributed by atoms with van der Waals surface area (Å²) in [6.45, 7) is 6.25. The molecule has 0 amide bonds. The highest BCUT2D eigenvalue weighted by Gasteiger charge is 2.17. The quantitative estimate of drug-likeness (QED) is 0.834. The molecule has 0 radical (unpaired) electrons. The van der Waals surface area contributed by atoms with E-state index in [0.29, 0.717) is 0 Å². The summed E-state index contributed by atoms with van der Waals surface area (Å²) in [6.07, 6.45) is 8.07. The first-order valence-electron chi connectivity index (χ1n) is 6.38. The van der Waals surface area contributed by atoms with Crippen LogP contribution in [0.1, 0.15) is 43.2 Å². The Labute approximate surface area is 111 Å². The average molecular weight is 265 g/mol. The third-order valence-corrected chi connectivity index (χ3v) is 3.43. The van der Waals surface area contributed by atoms with Crippen LogP contribution in [0.4, 0.5) is 0 Å². The monoisotopic (exact) mass is 265 g/mol. The minimum Gasteiger partial charge on any atom is -0.305 e. The maximum Gasteiger partial charge on any atom is 0.0734 e. The first-order chi connectivity index (χ1) is 8.85. The van der Waals surface area contributed by atoms with E-state index in [2.05, 4.69) is 40.0 Å². The Balaban J connectivity index is 2.16. The third kappa shape index (κ3) is 3.14. The lowest BCUT2D eigenvalue weighted by Crippen LogP contribution is -2.22. The summed E-state index contributed by atoms with van der Waals surface area (Å²) >= 11 is 1.44. The third-order valence-electron chi connectivity index (χ3n) is 2.70. The second-order valence-electron chi connectivity index (χ2n) is 4.24. The highest BCUT2D eigenvalue weighted by molar-refractivity contribution is 7.05. The summed E-state index contributed by atoms with van der Waals surface area (Å²) in [6, 6.07) is 0.163. The molecule has 0 aliphatic rings. The number of nitrogens with zero attached hydrogens (tertiary/aromatic N) is 4. The average Bonchev–Trinajstić information content (AvgIpc) is 3.02. The maximum absolute atomic E-state index is 4.39. The number of nitrogens with one attached hydrogen (secondary N) is 1. The molecule has 0 aromatic carbocycles. The van der Waals surface area contributed by atoms with E-state index in [1.807, 2.05) is 17.1 Å². The van der Waals surface area contributed by atoms with Crippen molar-refractivity contribution >= 4 is 11.5 Å². The van der Waals surface area contributed by atoms with E-state index in [9.17, 15) is 0 Å². The lowest BCUT2D eigenvalue weighted by atomic mass is 10.1. The Kier molecular flexibility index (Phi) is 4.83. The van der Waals surface area contributed by atoms with Crippen LogP contribution >= 0.6 is 11.5 Å². The standard InChI is InChI=1S/C12H19N5S/c1-3-5-13-12(11-8-14-16-18-11)10-7-15-17(9-10)6-4-2/h7-9,12-13H,3-6H2,1-2H3. The maximum atomic E-state index is 4.39. The summed E-state index contributed by atoms with van der Waals surface area (Å²) in [5.74, 6) is 0. The molecule has 0 bridgehead atoms. The molecule has 0 spiro atoms. The van der Waals surface area contributed by atoms with Gasteiger partial charge in [0, 0.05) is 18.3 Å². The van der Waals surface area contributed by atoms with Crippen LogP contribution in [0.25, 0.3) is 0 Å². The first kappa shape index (κ1) is 13.2. The van der Waals surface area contributed by atoms with Crippen molar-refractivity contribution in [3.05, 3.63) is 29.0 Å². The molecule has 0 fully saturated rings. The molecule has 2 aromatic rings. The summed E-state index contributed by atoms with van der Waals surface area (Å²) in [5.41, 5.74) is 1.18. The van der Waals surface area contributed by atoms with Crippen LogP contribution in [-0.2, 0) is 6.54 Å². The molecular formula is C12H19N5S. The molecule has 5 nitrogen and oxygen atoms in total. The van der Waals surface area contributed by atoms with Crippen molar-refractivity contribution in [2.45, 2.75) is 39.3 Å². The Morgan fingerprint density at radius 1 is 1.33 bits per heavy atom. The number of aromatic nitrogens is 4. The van der Waals surface area contributed by atoms with Gasteiger partial charge in [0.15, 0.2) is 0 Å². The molecule has 2 heterocycles. The van der Waals surface area contributed by atoms with Gasteiger partial charge in [-0.3, -0.25) is 4.68 Å². The molecule has 0 saturated heterocycles. The Hall–Kier alpha value is -1.27.